The largest absolute Gasteiger partial charge is 0.394 e. The lowest BCUT2D eigenvalue weighted by Gasteiger charge is -2.05. The van der Waals surface area contributed by atoms with Crippen molar-refractivity contribution >= 4 is 38.3 Å². The molecule has 0 spiro atoms. The first-order chi connectivity index (χ1) is 10.1. The van der Waals surface area contributed by atoms with Crippen molar-refractivity contribution in [1.29, 1.82) is 0 Å². The van der Waals surface area contributed by atoms with Crippen LogP contribution in [0.4, 0.5) is 5.82 Å². The van der Waals surface area contributed by atoms with Gasteiger partial charge in [0.2, 0.25) is 11.1 Å². The number of nitrogen functional groups attached to an aromatic ring is 1. The highest BCUT2D eigenvalue weighted by atomic mass is 79.9. The molecule has 3 aromatic rings. The van der Waals surface area contributed by atoms with Gasteiger partial charge in [-0.05, 0) is 35.0 Å². The van der Waals surface area contributed by atoms with Crippen LogP contribution in [0.1, 0.15) is 5.56 Å². The van der Waals surface area contributed by atoms with E-state index in [0.717, 1.165) is 5.56 Å². The monoisotopic (exact) mass is 366 g/mol. The summed E-state index contributed by atoms with van der Waals surface area (Å²) >= 11 is 1.71. The molecule has 0 aliphatic carbocycles. The van der Waals surface area contributed by atoms with Gasteiger partial charge in [0.05, 0.1) is 4.90 Å². The first kappa shape index (κ1) is 14.0. The van der Waals surface area contributed by atoms with E-state index in [2.05, 4.69) is 26.0 Å². The SMILES string of the molecule is Cc1ccc(S(=O)Oc2cc(Br)n3ncnc(N)c23)cc1. The molecule has 6 nitrogen and oxygen atoms in total. The average Bonchev–Trinajstić information content (AvgIpc) is 2.77. The van der Waals surface area contributed by atoms with Gasteiger partial charge in [-0.2, -0.15) is 5.10 Å². The molecule has 1 atom stereocenters. The summed E-state index contributed by atoms with van der Waals surface area (Å²) in [5.74, 6) is 0.616. The van der Waals surface area contributed by atoms with Crippen molar-refractivity contribution in [3.05, 3.63) is 46.8 Å². The van der Waals surface area contributed by atoms with E-state index in [4.69, 9.17) is 9.92 Å². The fourth-order valence-electron chi connectivity index (χ4n) is 1.84. The lowest BCUT2D eigenvalue weighted by atomic mass is 10.2. The van der Waals surface area contributed by atoms with E-state index in [9.17, 15) is 4.21 Å². The zero-order chi connectivity index (χ0) is 15.0. The number of hydrogen-bond donors (Lipinski definition) is 1. The minimum Gasteiger partial charge on any atom is -0.394 e. The predicted molar refractivity (Wildman–Crippen MR) is 83.3 cm³/mol. The van der Waals surface area contributed by atoms with E-state index in [1.165, 1.54) is 10.8 Å². The third-order valence-corrected chi connectivity index (χ3v) is 4.44. The summed E-state index contributed by atoms with van der Waals surface area (Å²) in [7, 11) is 0. The number of rotatable bonds is 3. The van der Waals surface area contributed by atoms with E-state index < -0.39 is 11.1 Å². The van der Waals surface area contributed by atoms with Gasteiger partial charge in [-0.3, -0.25) is 0 Å². The molecular formula is C13H11BrN4O2S. The van der Waals surface area contributed by atoms with Crippen LogP contribution in [-0.2, 0) is 11.1 Å². The highest BCUT2D eigenvalue weighted by Crippen LogP contribution is 2.31. The summed E-state index contributed by atoms with van der Waals surface area (Å²) in [6.45, 7) is 1.96. The van der Waals surface area contributed by atoms with Crippen molar-refractivity contribution in [2.75, 3.05) is 5.73 Å². The molecule has 0 aliphatic heterocycles. The lowest BCUT2D eigenvalue weighted by molar-refractivity contribution is 0.566. The summed E-state index contributed by atoms with van der Waals surface area (Å²) in [5, 5.41) is 4.05. The van der Waals surface area contributed by atoms with Crippen LogP contribution in [0.2, 0.25) is 0 Å². The molecule has 0 radical (unpaired) electrons. The van der Waals surface area contributed by atoms with Crippen LogP contribution in [-0.4, -0.2) is 18.8 Å². The number of anilines is 1. The Balaban J connectivity index is 1.98. The number of aromatic nitrogens is 3. The van der Waals surface area contributed by atoms with Gasteiger partial charge in [-0.15, -0.1) is 0 Å². The van der Waals surface area contributed by atoms with E-state index in [1.807, 2.05) is 19.1 Å². The summed E-state index contributed by atoms with van der Waals surface area (Å²) in [4.78, 5) is 4.49. The number of aryl methyl sites for hydroxylation is 1. The van der Waals surface area contributed by atoms with Crippen LogP contribution in [0.5, 0.6) is 5.75 Å². The quantitative estimate of drug-likeness (QED) is 0.769. The van der Waals surface area contributed by atoms with E-state index in [0.29, 0.717) is 20.8 Å². The Morgan fingerprint density at radius 3 is 2.76 bits per heavy atom. The third-order valence-electron chi connectivity index (χ3n) is 2.88. The van der Waals surface area contributed by atoms with Gasteiger partial charge in [0.1, 0.15) is 10.9 Å². The number of hydrogen-bond acceptors (Lipinski definition) is 5. The smallest absolute Gasteiger partial charge is 0.240 e. The van der Waals surface area contributed by atoms with E-state index in [1.54, 1.807) is 18.2 Å². The molecule has 0 bridgehead atoms. The van der Waals surface area contributed by atoms with Gasteiger partial charge in [0, 0.05) is 6.07 Å². The molecule has 2 N–H and O–H groups in total. The van der Waals surface area contributed by atoms with Crippen LogP contribution in [0, 0.1) is 6.92 Å². The Bertz CT molecular complexity index is 832. The molecule has 1 unspecified atom stereocenters. The number of nitrogens with zero attached hydrogens (tertiary/aromatic N) is 3. The van der Waals surface area contributed by atoms with Crippen molar-refractivity contribution in [3.8, 4) is 5.75 Å². The van der Waals surface area contributed by atoms with Crippen LogP contribution in [0.25, 0.3) is 5.52 Å². The zero-order valence-electron chi connectivity index (χ0n) is 11.0. The fraction of sp³-hybridized carbons (Fsp3) is 0.0769. The molecule has 0 fully saturated rings. The molecule has 0 saturated carbocycles. The second kappa shape index (κ2) is 5.45. The summed E-state index contributed by atoms with van der Waals surface area (Å²) in [6, 6.07) is 8.94. The van der Waals surface area contributed by atoms with Crippen molar-refractivity contribution in [1.82, 2.24) is 14.6 Å². The lowest BCUT2D eigenvalue weighted by Crippen LogP contribution is -2.03. The van der Waals surface area contributed by atoms with Crippen molar-refractivity contribution < 1.29 is 8.39 Å². The number of nitrogens with two attached hydrogens (primary N) is 1. The molecule has 1 aromatic carbocycles. The topological polar surface area (TPSA) is 82.5 Å². The molecule has 108 valence electrons. The van der Waals surface area contributed by atoms with Crippen LogP contribution < -0.4 is 9.92 Å². The zero-order valence-corrected chi connectivity index (χ0v) is 13.4. The van der Waals surface area contributed by atoms with Gasteiger partial charge >= 0.3 is 0 Å². The minimum absolute atomic E-state index is 0.256. The fourth-order valence-corrected chi connectivity index (χ4v) is 3.06. The first-order valence-corrected chi connectivity index (χ1v) is 7.87. The Morgan fingerprint density at radius 1 is 1.33 bits per heavy atom. The Kier molecular flexibility index (Phi) is 3.64. The normalized spacial score (nSPS) is 12.5. The molecule has 3 rings (SSSR count). The van der Waals surface area contributed by atoms with Crippen LogP contribution in [0.3, 0.4) is 0 Å². The highest BCUT2D eigenvalue weighted by molar-refractivity contribution is 9.10. The molecule has 2 aromatic heterocycles. The van der Waals surface area contributed by atoms with Gasteiger partial charge in [-0.1, -0.05) is 17.7 Å². The number of benzene rings is 1. The van der Waals surface area contributed by atoms with Crippen molar-refractivity contribution in [3.63, 3.8) is 0 Å². The maximum absolute atomic E-state index is 12.3. The highest BCUT2D eigenvalue weighted by Gasteiger charge is 2.16. The molecule has 21 heavy (non-hydrogen) atoms. The van der Waals surface area contributed by atoms with Crippen molar-refractivity contribution in [2.24, 2.45) is 0 Å². The molecular weight excluding hydrogens is 356 g/mol. The Hall–Kier alpha value is -1.93. The predicted octanol–water partition coefficient (Wildman–Crippen LogP) is 2.48. The summed E-state index contributed by atoms with van der Waals surface area (Å²) in [5.41, 5.74) is 7.40. The second-order valence-corrected chi connectivity index (χ2v) is 6.29. The summed E-state index contributed by atoms with van der Waals surface area (Å²) in [6.07, 6.45) is 1.34. The van der Waals surface area contributed by atoms with Crippen molar-refractivity contribution in [2.45, 2.75) is 11.8 Å². The van der Waals surface area contributed by atoms with Crippen LogP contribution >= 0.6 is 15.9 Å². The Morgan fingerprint density at radius 2 is 2.05 bits per heavy atom. The van der Waals surface area contributed by atoms with Gasteiger partial charge < -0.3 is 9.92 Å². The minimum atomic E-state index is -1.64. The summed E-state index contributed by atoms with van der Waals surface area (Å²) < 4.78 is 20.0. The third kappa shape index (κ3) is 2.64. The van der Waals surface area contributed by atoms with Gasteiger partial charge in [0.25, 0.3) is 0 Å². The molecule has 0 amide bonds. The van der Waals surface area contributed by atoms with Gasteiger partial charge in [-0.25, -0.2) is 13.7 Å². The molecule has 0 aliphatic rings. The first-order valence-electron chi connectivity index (χ1n) is 6.01. The van der Waals surface area contributed by atoms with Crippen LogP contribution in [0.15, 0.2) is 46.2 Å². The molecule has 0 saturated heterocycles. The number of halogens is 1. The molecule has 2 heterocycles. The average molecular weight is 367 g/mol. The second-order valence-electron chi connectivity index (χ2n) is 4.37. The Labute approximate surface area is 131 Å². The number of fused-ring (bicyclic) bond motifs is 1. The van der Waals surface area contributed by atoms with E-state index in [-0.39, 0.29) is 5.82 Å². The molecule has 8 heteroatoms. The van der Waals surface area contributed by atoms with E-state index >= 15 is 0 Å². The maximum Gasteiger partial charge on any atom is 0.240 e. The maximum atomic E-state index is 12.3. The standard InChI is InChI=1S/C13H11BrN4O2S/c1-8-2-4-9(5-3-8)21(19)20-10-6-11(14)18-12(10)13(15)16-7-17-18/h2-7H,1H3,(H2,15,16,17). The van der Waals surface area contributed by atoms with Gasteiger partial charge in [0.15, 0.2) is 17.1 Å².